The van der Waals surface area contributed by atoms with Gasteiger partial charge in [0, 0.05) is 13.1 Å². The van der Waals surface area contributed by atoms with E-state index >= 15 is 0 Å². The van der Waals surface area contributed by atoms with Crippen LogP contribution < -0.4 is 5.32 Å². The highest BCUT2D eigenvalue weighted by Gasteiger charge is 2.42. The summed E-state index contributed by atoms with van der Waals surface area (Å²) >= 11 is 0. The second kappa shape index (κ2) is 7.57. The number of aliphatic hydroxyl groups excluding tert-OH is 4. The average Bonchev–Trinajstić information content (AvgIpc) is 2.62. The highest BCUT2D eigenvalue weighted by atomic mass is 16.5. The highest BCUT2D eigenvalue weighted by Crippen LogP contribution is 2.21. The quantitative estimate of drug-likeness (QED) is 0.518. The summed E-state index contributed by atoms with van der Waals surface area (Å²) in [7, 11) is 0. The van der Waals surface area contributed by atoms with Crippen LogP contribution in [0.25, 0.3) is 10.8 Å². The molecular weight excluding hydrogens is 310 g/mol. The molecule has 1 fully saturated rings. The molecule has 24 heavy (non-hydrogen) atoms. The lowest BCUT2D eigenvalue weighted by atomic mass is 9.95. The Labute approximate surface area is 140 Å². The zero-order valence-electron chi connectivity index (χ0n) is 13.2. The van der Waals surface area contributed by atoms with Gasteiger partial charge in [0.1, 0.15) is 24.4 Å². The van der Waals surface area contributed by atoms with Crippen LogP contribution in [0.1, 0.15) is 5.56 Å². The van der Waals surface area contributed by atoms with E-state index in [4.69, 9.17) is 4.74 Å². The molecule has 0 unspecified atom stereocenters. The lowest BCUT2D eigenvalue weighted by molar-refractivity contribution is -0.227. The third kappa shape index (κ3) is 3.44. The smallest absolute Gasteiger partial charge is 0.111 e. The van der Waals surface area contributed by atoms with Gasteiger partial charge in [-0.1, -0.05) is 42.5 Å². The number of benzene rings is 2. The number of aliphatic hydroxyl groups is 4. The molecule has 0 bridgehead atoms. The molecule has 1 heterocycles. The molecule has 0 spiro atoms. The molecule has 130 valence electrons. The van der Waals surface area contributed by atoms with E-state index in [9.17, 15) is 20.4 Å². The van der Waals surface area contributed by atoms with Crippen LogP contribution in [0.5, 0.6) is 0 Å². The Kier molecular flexibility index (Phi) is 5.45. The molecule has 0 amide bonds. The van der Waals surface area contributed by atoms with E-state index in [1.807, 2.05) is 24.3 Å². The molecule has 0 radical (unpaired) electrons. The summed E-state index contributed by atoms with van der Waals surface area (Å²) in [6.07, 6.45) is -5.43. The fourth-order valence-electron chi connectivity index (χ4n) is 3.14. The summed E-state index contributed by atoms with van der Waals surface area (Å²) < 4.78 is 5.48. The summed E-state index contributed by atoms with van der Waals surface area (Å²) in [5.74, 6) is 0. The summed E-state index contributed by atoms with van der Waals surface area (Å²) in [6, 6.07) is 14.2. The van der Waals surface area contributed by atoms with Crippen LogP contribution in [0, 0.1) is 0 Å². The van der Waals surface area contributed by atoms with Crippen LogP contribution in [0.2, 0.25) is 0 Å². The van der Waals surface area contributed by atoms with Crippen molar-refractivity contribution >= 4 is 10.8 Å². The molecule has 5 atom stereocenters. The number of fused-ring (bicyclic) bond motifs is 1. The van der Waals surface area contributed by atoms with E-state index in [0.717, 1.165) is 16.3 Å². The molecular formula is C18H23NO5. The van der Waals surface area contributed by atoms with Gasteiger partial charge in [-0.3, -0.25) is 0 Å². The zero-order valence-corrected chi connectivity index (χ0v) is 13.2. The topological polar surface area (TPSA) is 102 Å². The molecule has 6 nitrogen and oxygen atoms in total. The van der Waals surface area contributed by atoms with Crippen molar-refractivity contribution in [1.29, 1.82) is 0 Å². The summed E-state index contributed by atoms with van der Waals surface area (Å²) in [6.45, 7) is 0.464. The van der Waals surface area contributed by atoms with Crippen molar-refractivity contribution in [2.75, 3.05) is 13.2 Å². The molecule has 0 aliphatic carbocycles. The van der Waals surface area contributed by atoms with E-state index in [1.54, 1.807) is 0 Å². The van der Waals surface area contributed by atoms with E-state index in [1.165, 1.54) is 0 Å². The van der Waals surface area contributed by atoms with Crippen molar-refractivity contribution in [2.45, 2.75) is 37.1 Å². The normalized spacial score (nSPS) is 30.6. The predicted molar refractivity (Wildman–Crippen MR) is 89.4 cm³/mol. The van der Waals surface area contributed by atoms with Crippen molar-refractivity contribution < 1.29 is 25.2 Å². The second-order valence-electron chi connectivity index (χ2n) is 6.14. The van der Waals surface area contributed by atoms with Crippen LogP contribution in [-0.4, -0.2) is 64.1 Å². The third-order valence-corrected chi connectivity index (χ3v) is 4.53. The monoisotopic (exact) mass is 333 g/mol. The maximum absolute atomic E-state index is 10.0. The van der Waals surface area contributed by atoms with Gasteiger partial charge in [0.2, 0.25) is 0 Å². The highest BCUT2D eigenvalue weighted by molar-refractivity contribution is 5.85. The molecule has 0 aromatic heterocycles. The van der Waals surface area contributed by atoms with Gasteiger partial charge in [-0.2, -0.15) is 0 Å². The van der Waals surface area contributed by atoms with Crippen LogP contribution in [-0.2, 0) is 11.3 Å². The van der Waals surface area contributed by atoms with E-state index in [-0.39, 0.29) is 0 Å². The van der Waals surface area contributed by atoms with Crippen LogP contribution in [0.3, 0.4) is 0 Å². The second-order valence-corrected chi connectivity index (χ2v) is 6.14. The van der Waals surface area contributed by atoms with E-state index < -0.39 is 37.1 Å². The fraction of sp³-hybridized carbons (Fsp3) is 0.444. The maximum atomic E-state index is 10.0. The van der Waals surface area contributed by atoms with Gasteiger partial charge in [-0.05, 0) is 16.3 Å². The Bertz CT molecular complexity index is 672. The van der Waals surface area contributed by atoms with Crippen molar-refractivity contribution in [1.82, 2.24) is 5.32 Å². The summed E-state index contributed by atoms with van der Waals surface area (Å²) in [4.78, 5) is 0. The first-order chi connectivity index (χ1) is 11.6. The number of nitrogens with one attached hydrogen (secondary N) is 1. The molecule has 3 rings (SSSR count). The first kappa shape index (κ1) is 17.3. The van der Waals surface area contributed by atoms with Crippen LogP contribution in [0.4, 0.5) is 0 Å². The largest absolute Gasteiger partial charge is 0.394 e. The standard InChI is InChI=1S/C18H23NO5/c20-10-15-17(22)18(23)16(21)14(24-15)9-19-8-12-6-3-5-11-4-1-2-7-13(11)12/h1-7,14-23H,8-10H2/t14-,15+,16+,17+,18+/m0/s1. The minimum atomic E-state index is -1.33. The number of rotatable bonds is 5. The summed E-state index contributed by atoms with van der Waals surface area (Å²) in [5, 5.41) is 44.4. The number of ether oxygens (including phenoxy) is 1. The Morgan fingerprint density at radius 2 is 1.58 bits per heavy atom. The van der Waals surface area contributed by atoms with Gasteiger partial charge in [-0.15, -0.1) is 0 Å². The molecule has 1 saturated heterocycles. The van der Waals surface area contributed by atoms with Crippen LogP contribution in [0.15, 0.2) is 42.5 Å². The lowest BCUT2D eigenvalue weighted by Gasteiger charge is -2.40. The molecule has 0 saturated carbocycles. The first-order valence-electron chi connectivity index (χ1n) is 8.09. The van der Waals surface area contributed by atoms with Crippen molar-refractivity contribution in [3.05, 3.63) is 48.0 Å². The van der Waals surface area contributed by atoms with Gasteiger partial charge < -0.3 is 30.5 Å². The summed E-state index contributed by atoms with van der Waals surface area (Å²) in [5.41, 5.74) is 1.12. The molecule has 2 aromatic rings. The lowest BCUT2D eigenvalue weighted by Crippen LogP contribution is -2.60. The van der Waals surface area contributed by atoms with Gasteiger partial charge in [-0.25, -0.2) is 0 Å². The minimum Gasteiger partial charge on any atom is -0.394 e. The molecule has 1 aliphatic rings. The van der Waals surface area contributed by atoms with Gasteiger partial charge >= 0.3 is 0 Å². The Balaban J connectivity index is 1.63. The third-order valence-electron chi connectivity index (χ3n) is 4.53. The molecule has 6 heteroatoms. The minimum absolute atomic E-state index is 0.296. The van der Waals surface area contributed by atoms with Gasteiger partial charge in [0.15, 0.2) is 0 Å². The first-order valence-corrected chi connectivity index (χ1v) is 8.09. The molecule has 2 aromatic carbocycles. The predicted octanol–water partition coefficient (Wildman–Crippen LogP) is -0.228. The SMILES string of the molecule is OC[C@H]1O[C@@H](CNCc2cccc3ccccc23)[C@@H](O)[C@@H](O)[C@@H]1O. The van der Waals surface area contributed by atoms with Crippen LogP contribution >= 0.6 is 0 Å². The Hall–Kier alpha value is -1.54. The van der Waals surface area contributed by atoms with E-state index in [2.05, 4.69) is 23.5 Å². The van der Waals surface area contributed by atoms with Gasteiger partial charge in [0.05, 0.1) is 12.7 Å². The molecule has 5 N–H and O–H groups in total. The number of hydrogen-bond acceptors (Lipinski definition) is 6. The average molecular weight is 333 g/mol. The van der Waals surface area contributed by atoms with Crippen molar-refractivity contribution in [3.63, 3.8) is 0 Å². The van der Waals surface area contributed by atoms with E-state index in [0.29, 0.717) is 13.1 Å². The molecule has 1 aliphatic heterocycles. The maximum Gasteiger partial charge on any atom is 0.111 e. The van der Waals surface area contributed by atoms with Crippen molar-refractivity contribution in [2.24, 2.45) is 0 Å². The fourth-order valence-corrected chi connectivity index (χ4v) is 3.14. The zero-order chi connectivity index (χ0) is 17.1. The Morgan fingerprint density at radius 1 is 0.875 bits per heavy atom. The number of hydrogen-bond donors (Lipinski definition) is 5. The van der Waals surface area contributed by atoms with Gasteiger partial charge in [0.25, 0.3) is 0 Å². The van der Waals surface area contributed by atoms with Crippen molar-refractivity contribution in [3.8, 4) is 0 Å². The Morgan fingerprint density at radius 3 is 2.38 bits per heavy atom.